The number of hydrogen-bond acceptors (Lipinski definition) is 5. The van der Waals surface area contributed by atoms with Crippen molar-refractivity contribution in [3.05, 3.63) is 64.7 Å². The summed E-state index contributed by atoms with van der Waals surface area (Å²) >= 11 is 0. The molecule has 0 radical (unpaired) electrons. The molecule has 1 saturated heterocycles. The highest BCUT2D eigenvalue weighted by atomic mass is 16.5. The van der Waals surface area contributed by atoms with Crippen LogP contribution in [0.3, 0.4) is 0 Å². The van der Waals surface area contributed by atoms with Gasteiger partial charge in [0.2, 0.25) is 5.91 Å². The Morgan fingerprint density at radius 3 is 2.47 bits per heavy atom. The van der Waals surface area contributed by atoms with Gasteiger partial charge in [-0.3, -0.25) is 19.3 Å². The van der Waals surface area contributed by atoms with Gasteiger partial charge < -0.3 is 10.1 Å². The third kappa shape index (κ3) is 4.75. The minimum Gasteiger partial charge on any atom is -0.486 e. The molecule has 1 amide bonds. The van der Waals surface area contributed by atoms with Crippen LogP contribution in [0.15, 0.2) is 42.5 Å². The van der Waals surface area contributed by atoms with E-state index in [0.29, 0.717) is 29.8 Å². The lowest BCUT2D eigenvalue weighted by Crippen LogP contribution is -2.51. The Morgan fingerprint density at radius 1 is 1.12 bits per heavy atom. The first kappa shape index (κ1) is 22.2. The molecule has 2 aliphatic heterocycles. The van der Waals surface area contributed by atoms with Crippen LogP contribution in [0.2, 0.25) is 0 Å². The number of ether oxygens (including phenoxy) is 1. The van der Waals surface area contributed by atoms with Gasteiger partial charge in [0, 0.05) is 38.4 Å². The van der Waals surface area contributed by atoms with Gasteiger partial charge in [0.1, 0.15) is 11.4 Å². The predicted molar refractivity (Wildman–Crippen MR) is 122 cm³/mol. The minimum absolute atomic E-state index is 0.0705. The average molecular weight is 435 g/mol. The summed E-state index contributed by atoms with van der Waals surface area (Å²) in [6.45, 7) is 7.17. The minimum atomic E-state index is -0.458. The molecular formula is C26H30N2O4. The van der Waals surface area contributed by atoms with Crippen LogP contribution in [0.5, 0.6) is 5.75 Å². The topological polar surface area (TPSA) is 75.7 Å². The van der Waals surface area contributed by atoms with Crippen molar-refractivity contribution < 1.29 is 19.1 Å². The molecule has 1 fully saturated rings. The Bertz CT molecular complexity index is 1040. The predicted octanol–water partition coefficient (Wildman–Crippen LogP) is 3.87. The van der Waals surface area contributed by atoms with Crippen molar-refractivity contribution in [2.24, 2.45) is 0 Å². The first-order chi connectivity index (χ1) is 15.2. The standard InChI is InChI=1S/C26H30N2O4/c1-17-4-9-25-22(14-17)23(30)15-26(32-25)10-12-28(13-11-26)16-24(31)21-7-5-20(6-8-21)18(2)27-19(3)29/h4-9,14,18H,10-13,15-16H2,1-3H3,(H,27,29)/t18-/m0/s1. The molecule has 4 rings (SSSR count). The highest BCUT2D eigenvalue weighted by molar-refractivity contribution is 6.00. The number of nitrogens with zero attached hydrogens (tertiary/aromatic N) is 1. The van der Waals surface area contributed by atoms with Gasteiger partial charge in [0.05, 0.1) is 24.6 Å². The van der Waals surface area contributed by atoms with Crippen LogP contribution in [-0.4, -0.2) is 47.6 Å². The number of aryl methyl sites for hydroxylation is 1. The van der Waals surface area contributed by atoms with E-state index >= 15 is 0 Å². The second-order valence-corrected chi connectivity index (χ2v) is 9.13. The van der Waals surface area contributed by atoms with Gasteiger partial charge in [-0.05, 0) is 31.5 Å². The van der Waals surface area contributed by atoms with E-state index in [2.05, 4.69) is 10.2 Å². The Hall–Kier alpha value is -2.99. The molecule has 0 aromatic heterocycles. The van der Waals surface area contributed by atoms with Gasteiger partial charge in [-0.25, -0.2) is 0 Å². The fourth-order valence-electron chi connectivity index (χ4n) is 4.65. The van der Waals surface area contributed by atoms with Gasteiger partial charge >= 0.3 is 0 Å². The van der Waals surface area contributed by atoms with Crippen LogP contribution in [0.1, 0.15) is 71.0 Å². The Balaban J connectivity index is 1.34. The zero-order chi connectivity index (χ0) is 22.9. The lowest BCUT2D eigenvalue weighted by molar-refractivity contribution is -0.119. The van der Waals surface area contributed by atoms with Crippen LogP contribution in [0.4, 0.5) is 0 Å². The highest BCUT2D eigenvalue weighted by Crippen LogP contribution is 2.39. The number of nitrogens with one attached hydrogen (secondary N) is 1. The smallest absolute Gasteiger partial charge is 0.217 e. The molecule has 2 aromatic rings. The fraction of sp³-hybridized carbons (Fsp3) is 0.423. The number of ketones is 2. The number of rotatable bonds is 5. The van der Waals surface area contributed by atoms with Gasteiger partial charge in [-0.15, -0.1) is 0 Å². The quantitative estimate of drug-likeness (QED) is 0.723. The zero-order valence-electron chi connectivity index (χ0n) is 18.9. The molecule has 168 valence electrons. The van der Waals surface area contributed by atoms with Gasteiger partial charge in [0.25, 0.3) is 0 Å². The van der Waals surface area contributed by atoms with E-state index < -0.39 is 5.60 Å². The summed E-state index contributed by atoms with van der Waals surface area (Å²) < 4.78 is 6.32. The van der Waals surface area contributed by atoms with Crippen molar-refractivity contribution >= 4 is 17.5 Å². The number of carbonyl (C=O) groups is 3. The zero-order valence-corrected chi connectivity index (χ0v) is 18.9. The van der Waals surface area contributed by atoms with Crippen LogP contribution in [0, 0.1) is 6.92 Å². The number of fused-ring (bicyclic) bond motifs is 1. The van der Waals surface area contributed by atoms with Gasteiger partial charge in [-0.2, -0.15) is 0 Å². The summed E-state index contributed by atoms with van der Waals surface area (Å²) in [7, 11) is 0. The van der Waals surface area contributed by atoms with Crippen molar-refractivity contribution in [3.63, 3.8) is 0 Å². The van der Waals surface area contributed by atoms with Crippen molar-refractivity contribution in [1.29, 1.82) is 0 Å². The molecule has 1 N–H and O–H groups in total. The first-order valence-electron chi connectivity index (χ1n) is 11.2. The lowest BCUT2D eigenvalue weighted by atomic mass is 9.82. The molecule has 6 nitrogen and oxygen atoms in total. The number of carbonyl (C=O) groups excluding carboxylic acids is 3. The van der Waals surface area contributed by atoms with Crippen LogP contribution in [0.25, 0.3) is 0 Å². The number of hydrogen-bond donors (Lipinski definition) is 1. The summed E-state index contributed by atoms with van der Waals surface area (Å²) in [4.78, 5) is 38.9. The molecule has 2 heterocycles. The van der Waals surface area contributed by atoms with Crippen LogP contribution >= 0.6 is 0 Å². The van der Waals surface area contributed by atoms with Gasteiger partial charge in [0.15, 0.2) is 11.6 Å². The van der Waals surface area contributed by atoms with E-state index in [1.807, 2.05) is 56.3 Å². The van der Waals surface area contributed by atoms with Crippen LogP contribution < -0.4 is 10.1 Å². The molecule has 0 bridgehead atoms. The van der Waals surface area contributed by atoms with Crippen molar-refractivity contribution in [2.75, 3.05) is 19.6 Å². The van der Waals surface area contributed by atoms with Crippen molar-refractivity contribution in [1.82, 2.24) is 10.2 Å². The van der Waals surface area contributed by atoms with Gasteiger partial charge in [-0.1, -0.05) is 35.9 Å². The molecule has 2 aromatic carbocycles. The summed E-state index contributed by atoms with van der Waals surface area (Å²) in [6, 6.07) is 13.1. The molecule has 1 atom stereocenters. The second-order valence-electron chi connectivity index (χ2n) is 9.13. The second kappa shape index (κ2) is 8.87. The maximum absolute atomic E-state index is 12.8. The summed E-state index contributed by atoms with van der Waals surface area (Å²) in [5, 5.41) is 2.85. The van der Waals surface area contributed by atoms with E-state index in [1.165, 1.54) is 6.92 Å². The maximum Gasteiger partial charge on any atom is 0.217 e. The average Bonchev–Trinajstić information content (AvgIpc) is 2.76. The SMILES string of the molecule is CC(=O)N[C@@H](C)c1ccc(C(=O)CN2CCC3(CC2)CC(=O)c2cc(C)ccc2O3)cc1. The van der Waals surface area contributed by atoms with E-state index in [-0.39, 0.29) is 23.5 Å². The number of Topliss-reactive ketones (excluding diaryl/α,β-unsaturated/α-hetero) is 2. The first-order valence-corrected chi connectivity index (χ1v) is 11.2. The number of likely N-dealkylation sites (tertiary alicyclic amines) is 1. The largest absolute Gasteiger partial charge is 0.486 e. The molecule has 1 spiro atoms. The molecule has 0 saturated carbocycles. The molecular weight excluding hydrogens is 404 g/mol. The maximum atomic E-state index is 12.8. The summed E-state index contributed by atoms with van der Waals surface area (Å²) in [5.41, 5.74) is 2.91. The Morgan fingerprint density at radius 2 is 1.81 bits per heavy atom. The third-order valence-corrected chi connectivity index (χ3v) is 6.53. The van der Waals surface area contributed by atoms with Crippen LogP contribution in [-0.2, 0) is 4.79 Å². The highest BCUT2D eigenvalue weighted by Gasteiger charge is 2.43. The molecule has 32 heavy (non-hydrogen) atoms. The van der Waals surface area contributed by atoms with E-state index in [4.69, 9.17) is 4.74 Å². The lowest BCUT2D eigenvalue weighted by Gasteiger charge is -2.43. The Labute approximate surface area is 188 Å². The monoisotopic (exact) mass is 434 g/mol. The summed E-state index contributed by atoms with van der Waals surface area (Å²) in [5.74, 6) is 0.821. The summed E-state index contributed by atoms with van der Waals surface area (Å²) in [6.07, 6.45) is 1.86. The van der Waals surface area contributed by atoms with Crippen molar-refractivity contribution in [3.8, 4) is 5.75 Å². The number of piperidine rings is 1. The molecule has 2 aliphatic rings. The third-order valence-electron chi connectivity index (χ3n) is 6.53. The van der Waals surface area contributed by atoms with E-state index in [9.17, 15) is 14.4 Å². The molecule has 6 heteroatoms. The fourth-order valence-corrected chi connectivity index (χ4v) is 4.65. The number of benzene rings is 2. The molecule has 0 unspecified atom stereocenters. The molecule has 0 aliphatic carbocycles. The normalized spacial score (nSPS) is 18.5. The number of amides is 1. The van der Waals surface area contributed by atoms with Crippen molar-refractivity contribution in [2.45, 2.75) is 51.7 Å². The van der Waals surface area contributed by atoms with E-state index in [0.717, 1.165) is 37.1 Å². The Kier molecular flexibility index (Phi) is 6.15. The van der Waals surface area contributed by atoms with E-state index in [1.54, 1.807) is 0 Å².